The number of hydrogen-bond acceptors (Lipinski definition) is 3. The van der Waals surface area contributed by atoms with Crippen molar-refractivity contribution in [2.24, 2.45) is 5.92 Å². The molecule has 0 aliphatic heterocycles. The molecule has 0 saturated heterocycles. The third-order valence-corrected chi connectivity index (χ3v) is 1.77. The Morgan fingerprint density at radius 2 is 1.60 bits per heavy atom. The van der Waals surface area contributed by atoms with Gasteiger partial charge in [0.1, 0.15) is 0 Å². The fraction of sp³-hybridized carbons (Fsp3) is 1.00. The fourth-order valence-electron chi connectivity index (χ4n) is 0.447. The van der Waals surface area contributed by atoms with Crippen LogP contribution >= 0.6 is 7.60 Å². The smallest absolute Gasteiger partial charge is 0.811 e. The minimum absolute atomic E-state index is 0. The summed E-state index contributed by atoms with van der Waals surface area (Å²) < 4.78 is 9.91. The second-order valence-electron chi connectivity index (χ2n) is 2.19. The third-order valence-electron chi connectivity index (χ3n) is 0.589. The first-order chi connectivity index (χ1) is 3.42. The van der Waals surface area contributed by atoms with Crippen LogP contribution in [0.1, 0.15) is 13.8 Å². The minimum Gasteiger partial charge on any atom is -0.811 e. The predicted octanol–water partition coefficient (Wildman–Crippen LogP) is -6.44. The molecule has 0 aromatic heterocycles. The van der Waals surface area contributed by atoms with Gasteiger partial charge in [-0.3, -0.25) is 0 Å². The van der Waals surface area contributed by atoms with E-state index < -0.39 is 7.60 Å². The van der Waals surface area contributed by atoms with Gasteiger partial charge in [0.25, 0.3) is 0 Å². The molecule has 10 heavy (non-hydrogen) atoms. The maximum absolute atomic E-state index is 9.91. The van der Waals surface area contributed by atoms with Crippen LogP contribution < -0.4 is 68.9 Å². The van der Waals surface area contributed by atoms with Crippen LogP contribution in [0.3, 0.4) is 0 Å². The first kappa shape index (κ1) is 18.0. The molecule has 0 radical (unpaired) electrons. The van der Waals surface area contributed by atoms with Crippen LogP contribution in [-0.2, 0) is 4.57 Å². The number of hydrogen-bond donors (Lipinski definition) is 0. The zero-order valence-electron chi connectivity index (χ0n) is 6.96. The molecule has 0 aromatic carbocycles. The maximum atomic E-state index is 9.91. The topological polar surface area (TPSA) is 63.2 Å². The van der Waals surface area contributed by atoms with E-state index in [0.717, 1.165) is 0 Å². The van der Waals surface area contributed by atoms with Crippen molar-refractivity contribution in [1.82, 2.24) is 0 Å². The van der Waals surface area contributed by atoms with Crippen LogP contribution in [0.4, 0.5) is 0 Å². The van der Waals surface area contributed by atoms with Gasteiger partial charge in [0, 0.05) is 0 Å². The molecule has 3 nitrogen and oxygen atoms in total. The summed E-state index contributed by atoms with van der Waals surface area (Å²) in [7, 11) is -4.22. The molecule has 0 unspecified atom stereocenters. The van der Waals surface area contributed by atoms with Crippen LogP contribution in [-0.4, -0.2) is 6.16 Å². The predicted molar refractivity (Wildman–Crippen MR) is 27.3 cm³/mol. The average molecular weight is 182 g/mol. The summed E-state index contributed by atoms with van der Waals surface area (Å²) in [5.41, 5.74) is 0. The molecule has 0 fully saturated rings. The fourth-order valence-corrected chi connectivity index (χ4v) is 1.34. The van der Waals surface area contributed by atoms with Gasteiger partial charge in [0.15, 0.2) is 0 Å². The van der Waals surface area contributed by atoms with Crippen molar-refractivity contribution in [3.63, 3.8) is 0 Å². The quantitative estimate of drug-likeness (QED) is 0.315. The molecule has 0 aliphatic carbocycles. The summed E-state index contributed by atoms with van der Waals surface area (Å²) in [5.74, 6) is -0.0455. The molecule has 0 saturated carbocycles. The normalized spacial score (nSPS) is 10.1. The zero-order valence-corrected chi connectivity index (χ0v) is 11.9. The van der Waals surface area contributed by atoms with Gasteiger partial charge in [-0.15, -0.1) is 0 Å². The van der Waals surface area contributed by atoms with E-state index in [-0.39, 0.29) is 71.2 Å². The summed E-state index contributed by atoms with van der Waals surface area (Å²) in [6.07, 6.45) is -0.229. The second-order valence-corrected chi connectivity index (χ2v) is 3.77. The maximum Gasteiger partial charge on any atom is 1.00 e. The largest absolute Gasteiger partial charge is 1.00 e. The first-order valence-corrected chi connectivity index (χ1v) is 4.15. The minimum atomic E-state index is -4.22. The molecule has 0 amide bonds. The first-order valence-electron chi connectivity index (χ1n) is 2.43. The van der Waals surface area contributed by atoms with E-state index in [1.807, 2.05) is 0 Å². The Kier molecular flexibility index (Phi) is 14.0. The van der Waals surface area contributed by atoms with Crippen molar-refractivity contribution in [1.29, 1.82) is 0 Å². The van der Waals surface area contributed by atoms with Crippen molar-refractivity contribution in [2.75, 3.05) is 6.16 Å². The molecule has 0 bridgehead atoms. The Hall–Kier alpha value is 2.15. The zero-order chi connectivity index (χ0) is 6.78. The van der Waals surface area contributed by atoms with Gasteiger partial charge in [0.05, 0.1) is 0 Å². The van der Waals surface area contributed by atoms with Gasteiger partial charge in [0.2, 0.25) is 0 Å². The van der Waals surface area contributed by atoms with Crippen LogP contribution in [0.15, 0.2) is 0 Å². The van der Waals surface area contributed by atoms with Crippen LogP contribution in [0.2, 0.25) is 0 Å². The van der Waals surface area contributed by atoms with E-state index in [0.29, 0.717) is 0 Å². The Morgan fingerprint density at radius 1 is 1.30 bits per heavy atom. The van der Waals surface area contributed by atoms with E-state index in [4.69, 9.17) is 0 Å². The molecule has 6 heteroatoms. The van der Waals surface area contributed by atoms with Crippen LogP contribution in [0.5, 0.6) is 0 Å². The van der Waals surface area contributed by atoms with E-state index in [1.54, 1.807) is 13.8 Å². The Bertz CT molecular complexity index is 111. The molecular formula is C4H9Na2O3P. The van der Waals surface area contributed by atoms with Crippen molar-refractivity contribution in [3.05, 3.63) is 0 Å². The molecule has 0 aliphatic rings. The second kappa shape index (κ2) is 7.78. The molecule has 0 aromatic rings. The van der Waals surface area contributed by atoms with E-state index in [9.17, 15) is 14.4 Å². The van der Waals surface area contributed by atoms with Gasteiger partial charge < -0.3 is 14.4 Å². The Balaban J connectivity index is -0.000000245. The van der Waals surface area contributed by atoms with Crippen molar-refractivity contribution < 1.29 is 73.5 Å². The van der Waals surface area contributed by atoms with Gasteiger partial charge in [-0.05, 0) is 12.1 Å². The monoisotopic (exact) mass is 182 g/mol. The number of rotatable bonds is 2. The van der Waals surface area contributed by atoms with Gasteiger partial charge >= 0.3 is 59.1 Å². The molecule has 0 spiro atoms. The van der Waals surface area contributed by atoms with Gasteiger partial charge in [-0.1, -0.05) is 21.4 Å². The van der Waals surface area contributed by atoms with E-state index in [2.05, 4.69) is 0 Å². The summed E-state index contributed by atoms with van der Waals surface area (Å²) in [6, 6.07) is 0. The van der Waals surface area contributed by atoms with Gasteiger partial charge in [-0.2, -0.15) is 0 Å². The summed E-state index contributed by atoms with van der Waals surface area (Å²) in [6.45, 7) is 3.39. The summed E-state index contributed by atoms with van der Waals surface area (Å²) >= 11 is 0. The Morgan fingerprint density at radius 3 is 1.60 bits per heavy atom. The third kappa shape index (κ3) is 16.6. The van der Waals surface area contributed by atoms with E-state index in [1.165, 1.54) is 0 Å². The van der Waals surface area contributed by atoms with Crippen LogP contribution in [0.25, 0.3) is 0 Å². The van der Waals surface area contributed by atoms with E-state index >= 15 is 0 Å². The molecule has 0 rings (SSSR count). The van der Waals surface area contributed by atoms with Crippen LogP contribution in [0, 0.1) is 5.92 Å². The van der Waals surface area contributed by atoms with Crippen molar-refractivity contribution in [2.45, 2.75) is 13.8 Å². The molecule has 0 heterocycles. The SMILES string of the molecule is CC(C)CP(=O)([O-])[O-].[Na+].[Na+]. The molecule has 50 valence electrons. The molecular weight excluding hydrogens is 173 g/mol. The van der Waals surface area contributed by atoms with Crippen molar-refractivity contribution >= 4 is 7.60 Å². The average Bonchev–Trinajstić information content (AvgIpc) is 1.21. The Labute approximate surface area is 106 Å². The van der Waals surface area contributed by atoms with Crippen molar-refractivity contribution in [3.8, 4) is 0 Å². The summed E-state index contributed by atoms with van der Waals surface area (Å²) in [5, 5.41) is 0. The summed E-state index contributed by atoms with van der Waals surface area (Å²) in [4.78, 5) is 19.8. The van der Waals surface area contributed by atoms with Gasteiger partial charge in [-0.25, -0.2) is 0 Å². The standard InChI is InChI=1S/C4H11O3P.2Na/c1-4(2)3-8(5,6)7;;/h4H,3H2,1-2H3,(H2,5,6,7);;/q;2*+1/p-2. The molecule has 0 atom stereocenters. The molecule has 0 N–H and O–H groups in total.